The molecule has 0 spiro atoms. The molecule has 1 aliphatic carbocycles. The lowest BCUT2D eigenvalue weighted by molar-refractivity contribution is 0.651. The van der Waals surface area contributed by atoms with Gasteiger partial charge in [-0.25, -0.2) is 0 Å². The van der Waals surface area contributed by atoms with Crippen LogP contribution in [0.25, 0.3) is 5.65 Å². The maximum atomic E-state index is 4.68. The van der Waals surface area contributed by atoms with Crippen LogP contribution in [0.5, 0.6) is 0 Å². The van der Waals surface area contributed by atoms with Gasteiger partial charge in [-0.1, -0.05) is 17.7 Å². The zero-order chi connectivity index (χ0) is 16.8. The lowest BCUT2D eigenvalue weighted by Crippen LogP contribution is -2.46. The number of hydrogen-bond donors (Lipinski definition) is 0. The van der Waals surface area contributed by atoms with Crippen LogP contribution in [0.15, 0.2) is 36.7 Å². The number of rotatable bonds is 3. The Morgan fingerprint density at radius 2 is 1.68 bits per heavy atom. The normalized spacial score (nSPS) is 18.1. The third kappa shape index (κ3) is 2.71. The summed E-state index contributed by atoms with van der Waals surface area (Å²) in [6, 6.07) is 11.1. The van der Waals surface area contributed by atoms with Crippen LogP contribution in [-0.4, -0.2) is 46.0 Å². The molecule has 1 aliphatic heterocycles. The second kappa shape index (κ2) is 5.72. The molecular formula is C19H22N6. The third-order valence-electron chi connectivity index (χ3n) is 5.28. The van der Waals surface area contributed by atoms with Gasteiger partial charge in [0.1, 0.15) is 6.33 Å². The largest absolute Gasteiger partial charge is 0.368 e. The Morgan fingerprint density at radius 3 is 2.40 bits per heavy atom. The Bertz CT molecular complexity index is 888. The minimum Gasteiger partial charge on any atom is -0.368 e. The average molecular weight is 334 g/mol. The summed E-state index contributed by atoms with van der Waals surface area (Å²) in [5.74, 6) is 0.624. The van der Waals surface area contributed by atoms with E-state index in [9.17, 15) is 0 Å². The molecule has 1 aromatic carbocycles. The minimum absolute atomic E-state index is 0.624. The number of aromatic nitrogens is 4. The van der Waals surface area contributed by atoms with Gasteiger partial charge in [-0.15, -0.1) is 10.2 Å². The highest BCUT2D eigenvalue weighted by Crippen LogP contribution is 2.40. The van der Waals surface area contributed by atoms with Crippen molar-refractivity contribution in [3.63, 3.8) is 0 Å². The second-order valence-electron chi connectivity index (χ2n) is 7.14. The molecule has 1 saturated heterocycles. The molecule has 25 heavy (non-hydrogen) atoms. The van der Waals surface area contributed by atoms with Gasteiger partial charge >= 0.3 is 0 Å². The average Bonchev–Trinajstić information content (AvgIpc) is 3.39. The van der Waals surface area contributed by atoms with Crippen molar-refractivity contribution < 1.29 is 0 Å². The van der Waals surface area contributed by atoms with Gasteiger partial charge in [-0.3, -0.25) is 0 Å². The van der Waals surface area contributed by atoms with Gasteiger partial charge in [0, 0.05) is 37.8 Å². The van der Waals surface area contributed by atoms with Crippen LogP contribution >= 0.6 is 0 Å². The van der Waals surface area contributed by atoms with E-state index in [0.29, 0.717) is 5.92 Å². The predicted octanol–water partition coefficient (Wildman–Crippen LogP) is 2.64. The van der Waals surface area contributed by atoms with Crippen molar-refractivity contribution in [2.75, 3.05) is 36.0 Å². The summed E-state index contributed by atoms with van der Waals surface area (Å²) in [5, 5.41) is 13.0. The van der Waals surface area contributed by atoms with Crippen molar-refractivity contribution in [1.82, 2.24) is 19.8 Å². The van der Waals surface area contributed by atoms with Crippen LogP contribution in [0.3, 0.4) is 0 Å². The van der Waals surface area contributed by atoms with Gasteiger partial charge in [0.25, 0.3) is 0 Å². The quantitative estimate of drug-likeness (QED) is 0.737. The molecule has 128 valence electrons. The van der Waals surface area contributed by atoms with Crippen LogP contribution in [0.1, 0.15) is 30.0 Å². The zero-order valence-corrected chi connectivity index (χ0v) is 14.5. The Morgan fingerprint density at radius 1 is 0.960 bits per heavy atom. The van der Waals surface area contributed by atoms with E-state index in [2.05, 4.69) is 62.4 Å². The number of piperazine rings is 1. The molecule has 2 aromatic heterocycles. The highest BCUT2D eigenvalue weighted by atomic mass is 15.4. The van der Waals surface area contributed by atoms with E-state index >= 15 is 0 Å². The van der Waals surface area contributed by atoms with Crippen molar-refractivity contribution in [3.8, 4) is 0 Å². The summed E-state index contributed by atoms with van der Waals surface area (Å²) >= 11 is 0. The van der Waals surface area contributed by atoms with Crippen molar-refractivity contribution in [3.05, 3.63) is 47.9 Å². The molecule has 0 amide bonds. The van der Waals surface area contributed by atoms with E-state index in [1.54, 1.807) is 6.33 Å². The van der Waals surface area contributed by atoms with Crippen LogP contribution in [0.4, 0.5) is 11.4 Å². The first kappa shape index (κ1) is 14.7. The highest BCUT2D eigenvalue weighted by molar-refractivity contribution is 5.69. The first-order valence-corrected chi connectivity index (χ1v) is 9.05. The van der Waals surface area contributed by atoms with E-state index < -0.39 is 0 Å². The molecule has 6 nitrogen and oxygen atoms in total. The first-order valence-electron chi connectivity index (χ1n) is 9.05. The molecule has 3 heterocycles. The molecule has 0 unspecified atom stereocenters. The molecule has 0 bridgehead atoms. The van der Waals surface area contributed by atoms with Gasteiger partial charge < -0.3 is 9.80 Å². The molecule has 5 rings (SSSR count). The fourth-order valence-electron chi connectivity index (χ4n) is 3.60. The fraction of sp³-hybridized carbons (Fsp3) is 0.421. The molecule has 0 N–H and O–H groups in total. The topological polar surface area (TPSA) is 49.6 Å². The number of benzene rings is 1. The summed E-state index contributed by atoms with van der Waals surface area (Å²) in [5.41, 5.74) is 5.85. The maximum Gasteiger partial charge on any atom is 0.200 e. The Labute approximate surface area is 147 Å². The van der Waals surface area contributed by atoms with Gasteiger partial charge in [-0.2, -0.15) is 9.61 Å². The summed E-state index contributed by atoms with van der Waals surface area (Å²) in [6.45, 7) is 6.15. The summed E-state index contributed by atoms with van der Waals surface area (Å²) in [6.07, 6.45) is 4.22. The van der Waals surface area contributed by atoms with Crippen LogP contribution in [-0.2, 0) is 0 Å². The standard InChI is InChI=1S/C19H22N6/c1-14-2-6-16(7-3-14)23-8-10-24(11-9-23)18-12-17(15-4-5-15)22-25-13-20-21-19(18)25/h2-3,6-7,12-13,15H,4-5,8-11H2,1H3. The van der Waals surface area contributed by atoms with Crippen molar-refractivity contribution in [2.24, 2.45) is 0 Å². The smallest absolute Gasteiger partial charge is 0.200 e. The molecule has 3 aromatic rings. The van der Waals surface area contributed by atoms with Gasteiger partial charge in [0.05, 0.1) is 11.4 Å². The summed E-state index contributed by atoms with van der Waals surface area (Å²) in [4.78, 5) is 4.89. The predicted molar refractivity (Wildman–Crippen MR) is 98.4 cm³/mol. The summed E-state index contributed by atoms with van der Waals surface area (Å²) < 4.78 is 1.84. The van der Waals surface area contributed by atoms with E-state index in [-0.39, 0.29) is 0 Å². The number of fused-ring (bicyclic) bond motifs is 1. The fourth-order valence-corrected chi connectivity index (χ4v) is 3.60. The molecule has 2 fully saturated rings. The number of nitrogens with zero attached hydrogens (tertiary/aromatic N) is 6. The molecule has 0 atom stereocenters. The second-order valence-corrected chi connectivity index (χ2v) is 7.14. The Kier molecular flexibility index (Phi) is 3.36. The van der Waals surface area contributed by atoms with E-state index in [0.717, 1.165) is 31.8 Å². The Balaban J connectivity index is 1.39. The molecule has 2 aliphatic rings. The monoisotopic (exact) mass is 334 g/mol. The van der Waals surface area contributed by atoms with E-state index in [1.165, 1.54) is 35.5 Å². The van der Waals surface area contributed by atoms with Gasteiger partial charge in [-0.05, 0) is 38.0 Å². The third-order valence-corrected chi connectivity index (χ3v) is 5.28. The SMILES string of the molecule is Cc1ccc(N2CCN(c3cc(C4CC4)nn4cnnc34)CC2)cc1. The van der Waals surface area contributed by atoms with Crippen LogP contribution in [0, 0.1) is 6.92 Å². The number of anilines is 2. The first-order chi connectivity index (χ1) is 12.3. The summed E-state index contributed by atoms with van der Waals surface area (Å²) in [7, 11) is 0. The minimum atomic E-state index is 0.624. The van der Waals surface area contributed by atoms with Crippen molar-refractivity contribution in [1.29, 1.82) is 0 Å². The molecular weight excluding hydrogens is 312 g/mol. The van der Waals surface area contributed by atoms with E-state index in [1.807, 2.05) is 4.52 Å². The van der Waals surface area contributed by atoms with Crippen molar-refractivity contribution in [2.45, 2.75) is 25.7 Å². The number of aryl methyl sites for hydroxylation is 1. The van der Waals surface area contributed by atoms with Crippen LogP contribution in [0.2, 0.25) is 0 Å². The number of hydrogen-bond acceptors (Lipinski definition) is 5. The van der Waals surface area contributed by atoms with Gasteiger partial charge in [0.15, 0.2) is 0 Å². The lowest BCUT2D eigenvalue weighted by Gasteiger charge is -2.37. The van der Waals surface area contributed by atoms with Crippen LogP contribution < -0.4 is 9.80 Å². The van der Waals surface area contributed by atoms with Crippen molar-refractivity contribution >= 4 is 17.0 Å². The zero-order valence-electron chi connectivity index (χ0n) is 14.5. The maximum absolute atomic E-state index is 4.68. The molecule has 0 radical (unpaired) electrons. The molecule has 1 saturated carbocycles. The van der Waals surface area contributed by atoms with Gasteiger partial charge in [0.2, 0.25) is 5.65 Å². The van der Waals surface area contributed by atoms with E-state index in [4.69, 9.17) is 0 Å². The molecule has 6 heteroatoms. The lowest BCUT2D eigenvalue weighted by atomic mass is 10.2. The highest BCUT2D eigenvalue weighted by Gasteiger charge is 2.28. The Hall–Kier alpha value is -2.63.